The van der Waals surface area contributed by atoms with Crippen molar-refractivity contribution in [1.82, 2.24) is 8.54 Å². The Hall–Kier alpha value is -2.84. The molecule has 27 heavy (non-hydrogen) atoms. The van der Waals surface area contributed by atoms with Crippen LogP contribution < -0.4 is 11.0 Å². The molecule has 3 rings (SSSR count). The van der Waals surface area contributed by atoms with E-state index in [0.717, 1.165) is 16.3 Å². The quantitative estimate of drug-likeness (QED) is 0.706. The Bertz CT molecular complexity index is 1150. The highest BCUT2D eigenvalue weighted by Crippen LogP contribution is 2.16. The van der Waals surface area contributed by atoms with E-state index in [9.17, 15) is 18.0 Å². The average molecular weight is 406 g/mol. The van der Waals surface area contributed by atoms with Gasteiger partial charge in [0.25, 0.3) is 10.0 Å². The molecule has 0 saturated heterocycles. The summed E-state index contributed by atoms with van der Waals surface area (Å²) in [5, 5.41) is 3.08. The lowest BCUT2D eigenvalue weighted by Crippen LogP contribution is -2.32. The number of anilines is 1. The number of imidazole rings is 1. The Labute approximate surface area is 160 Å². The zero-order valence-electron chi connectivity index (χ0n) is 14.3. The molecular formula is C18H16ClN3O4S. The number of para-hydroxylation sites is 1. The number of carbonyl (C=O) groups is 1. The summed E-state index contributed by atoms with van der Waals surface area (Å²) < 4.78 is 26.8. The van der Waals surface area contributed by atoms with Gasteiger partial charge in [-0.2, -0.15) is 3.97 Å². The minimum Gasteiger partial charge on any atom is -0.324 e. The number of nitrogens with one attached hydrogen (secondary N) is 1. The molecule has 0 aliphatic carbocycles. The van der Waals surface area contributed by atoms with Crippen molar-refractivity contribution in [2.45, 2.75) is 18.4 Å². The van der Waals surface area contributed by atoms with E-state index in [1.54, 1.807) is 12.1 Å². The van der Waals surface area contributed by atoms with Crippen LogP contribution in [0.4, 0.5) is 5.69 Å². The number of aromatic nitrogens is 2. The van der Waals surface area contributed by atoms with Gasteiger partial charge < -0.3 is 5.32 Å². The van der Waals surface area contributed by atoms with Crippen LogP contribution in [0.25, 0.3) is 0 Å². The van der Waals surface area contributed by atoms with Gasteiger partial charge in [-0.05, 0) is 42.8 Å². The maximum atomic E-state index is 12.6. The van der Waals surface area contributed by atoms with Gasteiger partial charge in [-0.1, -0.05) is 29.8 Å². The monoisotopic (exact) mass is 405 g/mol. The molecular weight excluding hydrogens is 390 g/mol. The number of halogens is 1. The van der Waals surface area contributed by atoms with E-state index in [2.05, 4.69) is 5.32 Å². The Morgan fingerprint density at radius 1 is 1.07 bits per heavy atom. The summed E-state index contributed by atoms with van der Waals surface area (Å²) in [7, 11) is -4.07. The zero-order chi connectivity index (χ0) is 19.6. The van der Waals surface area contributed by atoms with Crippen molar-refractivity contribution < 1.29 is 13.2 Å². The third-order valence-electron chi connectivity index (χ3n) is 3.92. The molecule has 0 aliphatic rings. The van der Waals surface area contributed by atoms with Crippen LogP contribution in [0.3, 0.4) is 0 Å². The first-order chi connectivity index (χ1) is 12.8. The summed E-state index contributed by atoms with van der Waals surface area (Å²) in [5.74, 6) is -0.437. The first kappa shape index (κ1) is 18.9. The van der Waals surface area contributed by atoms with Crippen LogP contribution in [0, 0.1) is 6.92 Å². The second-order valence-corrected chi connectivity index (χ2v) is 8.08. The fourth-order valence-electron chi connectivity index (χ4n) is 2.48. The molecule has 9 heteroatoms. The normalized spacial score (nSPS) is 11.3. The Morgan fingerprint density at radius 2 is 1.74 bits per heavy atom. The summed E-state index contributed by atoms with van der Waals surface area (Å²) in [6.45, 7) is 1.53. The second kappa shape index (κ2) is 7.42. The molecule has 140 valence electrons. The lowest BCUT2D eigenvalue weighted by molar-refractivity contribution is -0.116. The highest BCUT2D eigenvalue weighted by Gasteiger charge is 2.21. The van der Waals surface area contributed by atoms with Gasteiger partial charge in [-0.25, -0.2) is 13.2 Å². The lowest BCUT2D eigenvalue weighted by atomic mass is 10.2. The predicted octanol–water partition coefficient (Wildman–Crippen LogP) is 2.49. The standard InChI is InChI=1S/C18H16ClN3O4S/c1-13-4-2-3-5-16(13)20-17(23)12-21-10-11-22(18(21)24)27(25,26)15-8-6-14(19)7-9-15/h2-11H,12H2,1H3,(H,20,23). The third kappa shape index (κ3) is 3.96. The number of aryl methyl sites for hydroxylation is 1. The minimum atomic E-state index is -4.07. The van der Waals surface area contributed by atoms with Crippen molar-refractivity contribution in [3.05, 3.63) is 82.0 Å². The number of benzene rings is 2. The van der Waals surface area contributed by atoms with E-state index in [1.165, 1.54) is 30.5 Å². The topological polar surface area (TPSA) is 90.2 Å². The van der Waals surface area contributed by atoms with E-state index in [0.29, 0.717) is 14.7 Å². The van der Waals surface area contributed by atoms with Crippen molar-refractivity contribution >= 4 is 33.2 Å². The molecule has 0 saturated carbocycles. The van der Waals surface area contributed by atoms with Crippen LogP contribution >= 0.6 is 11.6 Å². The van der Waals surface area contributed by atoms with Crippen LogP contribution in [0.15, 0.2) is 70.6 Å². The summed E-state index contributed by atoms with van der Waals surface area (Å²) in [6.07, 6.45) is 2.38. The van der Waals surface area contributed by atoms with Crippen LogP contribution in [-0.2, 0) is 21.4 Å². The van der Waals surface area contributed by atoms with Crippen molar-refractivity contribution in [2.24, 2.45) is 0 Å². The molecule has 1 heterocycles. The molecule has 0 spiro atoms. The van der Waals surface area contributed by atoms with E-state index >= 15 is 0 Å². The van der Waals surface area contributed by atoms with E-state index in [-0.39, 0.29) is 11.4 Å². The molecule has 1 N–H and O–H groups in total. The number of carbonyl (C=O) groups excluding carboxylic acids is 1. The van der Waals surface area contributed by atoms with E-state index in [4.69, 9.17) is 11.6 Å². The number of rotatable bonds is 5. The van der Waals surface area contributed by atoms with Gasteiger partial charge in [0, 0.05) is 23.1 Å². The van der Waals surface area contributed by atoms with Crippen molar-refractivity contribution in [3.8, 4) is 0 Å². The van der Waals surface area contributed by atoms with Gasteiger partial charge in [0.1, 0.15) is 6.54 Å². The summed E-state index contributed by atoms with van der Waals surface area (Å²) >= 11 is 5.77. The molecule has 0 fully saturated rings. The number of nitrogens with zero attached hydrogens (tertiary/aromatic N) is 2. The summed E-state index contributed by atoms with van der Waals surface area (Å²) in [5.41, 5.74) is 0.676. The van der Waals surface area contributed by atoms with Crippen LogP contribution in [0.1, 0.15) is 5.56 Å². The highest BCUT2D eigenvalue weighted by molar-refractivity contribution is 7.90. The lowest BCUT2D eigenvalue weighted by Gasteiger charge is -2.08. The van der Waals surface area contributed by atoms with Crippen LogP contribution in [-0.4, -0.2) is 22.9 Å². The smallest absolute Gasteiger partial charge is 0.324 e. The van der Waals surface area contributed by atoms with Gasteiger partial charge >= 0.3 is 5.69 Å². The zero-order valence-corrected chi connectivity index (χ0v) is 15.9. The maximum absolute atomic E-state index is 12.6. The third-order valence-corrected chi connectivity index (χ3v) is 5.84. The molecule has 3 aromatic rings. The van der Waals surface area contributed by atoms with Crippen LogP contribution in [0.2, 0.25) is 5.02 Å². The first-order valence-corrected chi connectivity index (χ1v) is 9.75. The summed E-state index contributed by atoms with van der Waals surface area (Å²) in [4.78, 5) is 24.6. The predicted molar refractivity (Wildman–Crippen MR) is 103 cm³/mol. The number of amides is 1. The van der Waals surface area contributed by atoms with Crippen molar-refractivity contribution in [1.29, 1.82) is 0 Å². The molecule has 0 atom stereocenters. The SMILES string of the molecule is Cc1ccccc1NC(=O)Cn1ccn(S(=O)(=O)c2ccc(Cl)cc2)c1=O. The average Bonchev–Trinajstić information content (AvgIpc) is 2.98. The van der Waals surface area contributed by atoms with Crippen molar-refractivity contribution in [3.63, 3.8) is 0 Å². The Balaban J connectivity index is 1.83. The Morgan fingerprint density at radius 3 is 2.41 bits per heavy atom. The van der Waals surface area contributed by atoms with E-state index < -0.39 is 21.6 Å². The van der Waals surface area contributed by atoms with Crippen LogP contribution in [0.5, 0.6) is 0 Å². The van der Waals surface area contributed by atoms with Gasteiger partial charge in [-0.15, -0.1) is 0 Å². The van der Waals surface area contributed by atoms with E-state index in [1.807, 2.05) is 19.1 Å². The molecule has 0 aliphatic heterocycles. The van der Waals surface area contributed by atoms with Crippen molar-refractivity contribution in [2.75, 3.05) is 5.32 Å². The fraction of sp³-hybridized carbons (Fsp3) is 0.111. The number of hydrogen-bond acceptors (Lipinski definition) is 4. The maximum Gasteiger partial charge on any atom is 0.342 e. The molecule has 0 unspecified atom stereocenters. The van der Waals surface area contributed by atoms with Gasteiger partial charge in [-0.3, -0.25) is 9.36 Å². The highest BCUT2D eigenvalue weighted by atomic mass is 35.5. The molecule has 2 aromatic carbocycles. The fourth-order valence-corrected chi connectivity index (χ4v) is 3.83. The minimum absolute atomic E-state index is 0.0730. The van der Waals surface area contributed by atoms with Gasteiger partial charge in [0.2, 0.25) is 5.91 Å². The molecule has 7 nitrogen and oxygen atoms in total. The molecule has 0 radical (unpaired) electrons. The van der Waals surface area contributed by atoms with Gasteiger partial charge in [0.15, 0.2) is 0 Å². The van der Waals surface area contributed by atoms with Gasteiger partial charge in [0.05, 0.1) is 4.90 Å². The number of hydrogen-bond donors (Lipinski definition) is 1. The molecule has 1 amide bonds. The Kier molecular flexibility index (Phi) is 5.20. The largest absolute Gasteiger partial charge is 0.342 e. The molecule has 1 aromatic heterocycles. The first-order valence-electron chi connectivity index (χ1n) is 7.93. The summed E-state index contributed by atoms with van der Waals surface area (Å²) in [6, 6.07) is 12.7. The second-order valence-electron chi connectivity index (χ2n) is 5.83. The molecule has 0 bridgehead atoms.